The van der Waals surface area contributed by atoms with Gasteiger partial charge in [0.25, 0.3) is 0 Å². The van der Waals surface area contributed by atoms with E-state index in [-0.39, 0.29) is 38.0 Å². The monoisotopic (exact) mass is 648 g/mol. The first kappa shape index (κ1) is 41.0. The summed E-state index contributed by atoms with van der Waals surface area (Å²) < 4.78 is 10.0. The van der Waals surface area contributed by atoms with Crippen molar-refractivity contribution in [3.05, 3.63) is 143 Å². The molecule has 0 aromatic heterocycles. The highest BCUT2D eigenvalue weighted by Gasteiger charge is 2.04. The molecule has 5 aromatic carbocycles. The Hall–Kier alpha value is -5.04. The lowest BCUT2D eigenvalue weighted by Gasteiger charge is -2.04. The molecule has 0 fully saturated rings. The van der Waals surface area contributed by atoms with Gasteiger partial charge < -0.3 is 9.47 Å². The van der Waals surface area contributed by atoms with Crippen molar-refractivity contribution in [3.63, 3.8) is 0 Å². The van der Waals surface area contributed by atoms with Crippen LogP contribution in [0.25, 0.3) is 21.9 Å². The Kier molecular flexibility index (Phi) is 17.3. The third kappa shape index (κ3) is 12.3. The third-order valence-corrected chi connectivity index (χ3v) is 7.21. The molecular weight excluding hydrogens is 600 g/mol. The largest absolute Gasteiger partial charge is 0.380 e. The molecule has 48 heavy (non-hydrogen) atoms. The Morgan fingerprint density at radius 1 is 0.417 bits per heavy atom. The first-order chi connectivity index (χ1) is 22.0. The van der Waals surface area contributed by atoms with Crippen LogP contribution in [0, 0.1) is 0 Å². The molecule has 0 aliphatic heterocycles. The molecule has 0 spiro atoms. The Labute approximate surface area is 285 Å². The first-order valence-corrected chi connectivity index (χ1v) is 14.9. The molecule has 5 rings (SSSR count). The van der Waals surface area contributed by atoms with Crippen molar-refractivity contribution in [2.24, 2.45) is 0 Å². The minimum absolute atomic E-state index is 0. The number of methoxy groups -OCH3 is 2. The third-order valence-electron chi connectivity index (χ3n) is 7.21. The van der Waals surface area contributed by atoms with Crippen molar-refractivity contribution in [1.82, 2.24) is 0 Å². The van der Waals surface area contributed by atoms with Gasteiger partial charge in [-0.2, -0.15) is 0 Å². The maximum atomic E-state index is 11.2. The lowest BCUT2D eigenvalue weighted by Crippen LogP contribution is -1.93. The van der Waals surface area contributed by atoms with Crippen LogP contribution < -0.4 is 0 Å². The summed E-state index contributed by atoms with van der Waals surface area (Å²) in [5, 5.41) is 1.97. The van der Waals surface area contributed by atoms with Crippen LogP contribution in [0.4, 0.5) is 0 Å². The Morgan fingerprint density at radius 2 is 0.688 bits per heavy atom. The van der Waals surface area contributed by atoms with Crippen LogP contribution >= 0.6 is 0 Å². The van der Waals surface area contributed by atoms with E-state index < -0.39 is 0 Å². The van der Waals surface area contributed by atoms with E-state index in [2.05, 4.69) is 24.3 Å². The Balaban J connectivity index is 0.000000359. The van der Waals surface area contributed by atoms with Crippen molar-refractivity contribution in [2.45, 2.75) is 55.8 Å². The molecule has 6 nitrogen and oxygen atoms in total. The smallest absolute Gasteiger partial charge is 0.159 e. The highest BCUT2D eigenvalue weighted by molar-refractivity contribution is 6.01. The summed E-state index contributed by atoms with van der Waals surface area (Å²) in [7, 11) is 3.34. The van der Waals surface area contributed by atoms with Gasteiger partial charge in [-0.3, -0.25) is 19.2 Å². The second-order valence-electron chi connectivity index (χ2n) is 10.8. The second-order valence-corrected chi connectivity index (χ2v) is 10.8. The molecule has 252 valence electrons. The molecule has 0 amide bonds. The van der Waals surface area contributed by atoms with Gasteiger partial charge in [-0.1, -0.05) is 112 Å². The lowest BCUT2D eigenvalue weighted by atomic mass is 10.0. The maximum absolute atomic E-state index is 11.2. The summed E-state index contributed by atoms with van der Waals surface area (Å²) >= 11 is 0. The lowest BCUT2D eigenvalue weighted by molar-refractivity contribution is 0.100. The van der Waals surface area contributed by atoms with Gasteiger partial charge in [0.2, 0.25) is 0 Å². The van der Waals surface area contributed by atoms with Gasteiger partial charge in [-0.05, 0) is 72.9 Å². The van der Waals surface area contributed by atoms with Gasteiger partial charge >= 0.3 is 0 Å². The van der Waals surface area contributed by atoms with Crippen molar-refractivity contribution >= 4 is 33.9 Å². The standard InChI is InChI=1S/C16H16O2.C14H12O2.C10H12O2.2CH4/c1-12(17)14-7-9-16(10-8-14)15-5-3-13(4-6-15)11-18-2;1-9(15)11-3-5-14-8-12(10(2)16)4-6-13(14)7-11;1-8(11)10-5-3-9(4-6-10)7-12-2;;/h3-10H,11H2,1-2H3;3-8H,1-2H3;3-6H,7H2,1-2H3;2*1H4. The SMILES string of the molecule is C.C.CC(=O)c1ccc2cc(C(C)=O)ccc2c1.COCc1ccc(-c2ccc(C(C)=O)cc2)cc1.COCc1ccc(C(C)=O)cc1. The molecule has 5 aromatic rings. The summed E-state index contributed by atoms with van der Waals surface area (Å²) in [5.41, 5.74) is 7.38. The fraction of sp³-hybridized carbons (Fsp3) is 0.238. The van der Waals surface area contributed by atoms with Gasteiger partial charge in [0.1, 0.15) is 0 Å². The normalized spacial score (nSPS) is 9.79. The molecule has 0 heterocycles. The zero-order valence-corrected chi connectivity index (χ0v) is 27.3. The van der Waals surface area contributed by atoms with Crippen molar-refractivity contribution in [3.8, 4) is 11.1 Å². The van der Waals surface area contributed by atoms with E-state index in [1.165, 1.54) is 0 Å². The van der Waals surface area contributed by atoms with E-state index in [1.54, 1.807) is 54.0 Å². The minimum atomic E-state index is 0. The number of carbonyl (C=O) groups excluding carboxylic acids is 4. The predicted molar refractivity (Wildman–Crippen MR) is 197 cm³/mol. The number of benzene rings is 5. The van der Waals surface area contributed by atoms with Crippen LogP contribution in [-0.2, 0) is 22.7 Å². The molecule has 0 saturated carbocycles. The number of ether oxygens (including phenoxy) is 2. The molecule has 0 radical (unpaired) electrons. The summed E-state index contributed by atoms with van der Waals surface area (Å²) in [6.07, 6.45) is 0. The van der Waals surface area contributed by atoms with Crippen LogP contribution in [0.5, 0.6) is 0 Å². The fourth-order valence-corrected chi connectivity index (χ4v) is 4.54. The number of hydrogen-bond acceptors (Lipinski definition) is 6. The van der Waals surface area contributed by atoms with E-state index in [0.29, 0.717) is 24.3 Å². The summed E-state index contributed by atoms with van der Waals surface area (Å²) in [5.74, 6) is 0.297. The Morgan fingerprint density at radius 3 is 1.00 bits per heavy atom. The number of ketones is 4. The van der Waals surface area contributed by atoms with E-state index in [1.807, 2.05) is 72.8 Å². The molecule has 0 atom stereocenters. The zero-order chi connectivity index (χ0) is 33.6. The predicted octanol–water partition coefficient (Wildman–Crippen LogP) is 10.3. The van der Waals surface area contributed by atoms with Gasteiger partial charge in [-0.25, -0.2) is 0 Å². The zero-order valence-electron chi connectivity index (χ0n) is 27.3. The number of hydrogen-bond donors (Lipinski definition) is 0. The molecule has 6 heteroatoms. The van der Waals surface area contributed by atoms with E-state index in [9.17, 15) is 19.2 Å². The van der Waals surface area contributed by atoms with E-state index >= 15 is 0 Å². The quantitative estimate of drug-likeness (QED) is 0.148. The fourth-order valence-electron chi connectivity index (χ4n) is 4.54. The first-order valence-electron chi connectivity index (χ1n) is 14.9. The number of rotatable bonds is 9. The second kappa shape index (κ2) is 20.3. The number of carbonyl (C=O) groups is 4. The average molecular weight is 649 g/mol. The van der Waals surface area contributed by atoms with Gasteiger partial charge in [-0.15, -0.1) is 0 Å². The van der Waals surface area contributed by atoms with Gasteiger partial charge in [0.15, 0.2) is 23.1 Å². The Bertz CT molecular complexity index is 1730. The molecule has 0 unspecified atom stereocenters. The molecular formula is C42H48O6. The van der Waals surface area contributed by atoms with Crippen LogP contribution in [0.3, 0.4) is 0 Å². The van der Waals surface area contributed by atoms with Crippen molar-refractivity contribution < 1.29 is 28.7 Å². The van der Waals surface area contributed by atoms with Gasteiger partial charge in [0.05, 0.1) is 13.2 Å². The molecule has 0 N–H and O–H groups in total. The highest BCUT2D eigenvalue weighted by Crippen LogP contribution is 2.21. The minimum Gasteiger partial charge on any atom is -0.380 e. The molecule has 0 aliphatic rings. The van der Waals surface area contributed by atoms with E-state index in [4.69, 9.17) is 9.47 Å². The number of fused-ring (bicyclic) bond motifs is 1. The molecule has 0 saturated heterocycles. The van der Waals surface area contributed by atoms with Gasteiger partial charge in [0, 0.05) is 36.5 Å². The van der Waals surface area contributed by atoms with Crippen LogP contribution in [0.1, 0.15) is 95.1 Å². The summed E-state index contributed by atoms with van der Waals surface area (Å²) in [4.78, 5) is 44.5. The summed E-state index contributed by atoms with van der Waals surface area (Å²) in [6.45, 7) is 7.46. The molecule has 0 bridgehead atoms. The maximum Gasteiger partial charge on any atom is 0.159 e. The summed E-state index contributed by atoms with van der Waals surface area (Å²) in [6, 6.07) is 34.4. The highest BCUT2D eigenvalue weighted by atomic mass is 16.5. The van der Waals surface area contributed by atoms with Crippen LogP contribution in [-0.4, -0.2) is 37.4 Å². The average Bonchev–Trinajstić information content (AvgIpc) is 3.06. The van der Waals surface area contributed by atoms with Crippen LogP contribution in [0.2, 0.25) is 0 Å². The van der Waals surface area contributed by atoms with Crippen molar-refractivity contribution in [2.75, 3.05) is 14.2 Å². The van der Waals surface area contributed by atoms with E-state index in [0.717, 1.165) is 44.2 Å². The number of Topliss-reactive ketones (excluding diaryl/α,β-unsaturated/α-hetero) is 4. The van der Waals surface area contributed by atoms with Crippen molar-refractivity contribution in [1.29, 1.82) is 0 Å². The molecule has 0 aliphatic carbocycles. The topological polar surface area (TPSA) is 86.7 Å². The van der Waals surface area contributed by atoms with Crippen LogP contribution in [0.15, 0.2) is 109 Å².